The van der Waals surface area contributed by atoms with E-state index in [2.05, 4.69) is 33.7 Å². The second-order valence-corrected chi connectivity index (χ2v) is 7.45. The van der Waals surface area contributed by atoms with Crippen LogP contribution in [0.5, 0.6) is 0 Å². The number of rotatable bonds is 6. The summed E-state index contributed by atoms with van der Waals surface area (Å²) in [5.41, 5.74) is 0.989. The molecule has 6 nitrogen and oxygen atoms in total. The first-order chi connectivity index (χ1) is 11.6. The Morgan fingerprint density at radius 2 is 2.42 bits per heavy atom. The van der Waals surface area contributed by atoms with Crippen molar-refractivity contribution in [3.63, 3.8) is 0 Å². The minimum Gasteiger partial charge on any atom is -0.468 e. The van der Waals surface area contributed by atoms with E-state index in [9.17, 15) is 4.79 Å². The predicted molar refractivity (Wildman–Crippen MR) is 92.6 cm³/mol. The van der Waals surface area contributed by atoms with E-state index in [-0.39, 0.29) is 11.8 Å². The van der Waals surface area contributed by atoms with Gasteiger partial charge in [0.2, 0.25) is 5.91 Å². The summed E-state index contributed by atoms with van der Waals surface area (Å²) < 4.78 is 9.42. The van der Waals surface area contributed by atoms with Crippen molar-refractivity contribution < 1.29 is 9.21 Å². The third-order valence-corrected chi connectivity index (χ3v) is 5.13. The molecule has 24 heavy (non-hydrogen) atoms. The molecule has 0 aliphatic carbocycles. The molecule has 1 aliphatic rings. The number of likely N-dealkylation sites (tertiary alicyclic amines) is 1. The van der Waals surface area contributed by atoms with Crippen LogP contribution in [-0.4, -0.2) is 33.5 Å². The average molecular weight is 348 g/mol. The highest BCUT2D eigenvalue weighted by molar-refractivity contribution is 7.05. The molecule has 0 saturated carbocycles. The summed E-state index contributed by atoms with van der Waals surface area (Å²) in [5.74, 6) is 1.45. The Balaban J connectivity index is 1.51. The number of carbonyl (C=O) groups is 1. The molecule has 1 N–H and O–H groups in total. The van der Waals surface area contributed by atoms with E-state index in [0.29, 0.717) is 12.5 Å². The summed E-state index contributed by atoms with van der Waals surface area (Å²) in [6.45, 7) is 7.28. The minimum absolute atomic E-state index is 0.0390. The van der Waals surface area contributed by atoms with Gasteiger partial charge in [0.05, 0.1) is 35.8 Å². The number of aromatic nitrogens is 2. The van der Waals surface area contributed by atoms with Gasteiger partial charge in [-0.15, -0.1) is 5.10 Å². The fourth-order valence-corrected chi connectivity index (χ4v) is 3.86. The van der Waals surface area contributed by atoms with E-state index in [1.54, 1.807) is 6.26 Å². The van der Waals surface area contributed by atoms with Crippen molar-refractivity contribution >= 4 is 17.4 Å². The molecule has 1 fully saturated rings. The van der Waals surface area contributed by atoms with Gasteiger partial charge in [-0.2, -0.15) is 0 Å². The molecule has 1 atom stereocenters. The van der Waals surface area contributed by atoms with E-state index >= 15 is 0 Å². The van der Waals surface area contributed by atoms with Crippen molar-refractivity contribution in [2.24, 2.45) is 5.92 Å². The number of hydrogen-bond acceptors (Lipinski definition) is 6. The summed E-state index contributed by atoms with van der Waals surface area (Å²) in [5, 5.41) is 7.23. The summed E-state index contributed by atoms with van der Waals surface area (Å²) in [6, 6.07) is 3.88. The molecule has 3 heterocycles. The van der Waals surface area contributed by atoms with E-state index < -0.39 is 0 Å². The Hall–Kier alpha value is -1.73. The monoisotopic (exact) mass is 348 g/mol. The highest BCUT2D eigenvalue weighted by Crippen LogP contribution is 2.21. The largest absolute Gasteiger partial charge is 0.468 e. The van der Waals surface area contributed by atoms with Gasteiger partial charge in [-0.25, -0.2) is 0 Å². The molecule has 0 bridgehead atoms. The molecule has 130 valence electrons. The number of nitrogens with zero attached hydrogens (tertiary/aromatic N) is 3. The fraction of sp³-hybridized carbons (Fsp3) is 0.588. The molecule has 7 heteroatoms. The quantitative estimate of drug-likeness (QED) is 0.869. The van der Waals surface area contributed by atoms with Crippen LogP contribution in [0.1, 0.15) is 48.9 Å². The molecule has 1 saturated heterocycles. The van der Waals surface area contributed by atoms with Crippen molar-refractivity contribution in [2.75, 3.05) is 13.1 Å². The third-order valence-electron chi connectivity index (χ3n) is 4.39. The van der Waals surface area contributed by atoms with Crippen LogP contribution in [0.2, 0.25) is 0 Å². The van der Waals surface area contributed by atoms with Gasteiger partial charge in [0, 0.05) is 6.54 Å². The molecule has 2 aromatic heterocycles. The van der Waals surface area contributed by atoms with Gasteiger partial charge < -0.3 is 9.73 Å². The smallest absolute Gasteiger partial charge is 0.224 e. The lowest BCUT2D eigenvalue weighted by atomic mass is 9.97. The van der Waals surface area contributed by atoms with Gasteiger partial charge in [-0.3, -0.25) is 9.69 Å². The molecule has 0 aromatic carbocycles. The molecule has 0 radical (unpaired) electrons. The standard InChI is InChI=1S/C17H24N4O2S/c1-12(2)16-15(24-20-19-16)9-18-17(22)13-5-3-7-21(10-13)11-14-6-4-8-23-14/h4,6,8,12-13H,3,5,7,9-11H2,1-2H3,(H,18,22). The zero-order valence-corrected chi connectivity index (χ0v) is 15.0. The first-order valence-corrected chi connectivity index (χ1v) is 9.24. The molecule has 1 amide bonds. The number of nitrogens with one attached hydrogen (secondary N) is 1. The summed E-state index contributed by atoms with van der Waals surface area (Å²) >= 11 is 1.37. The van der Waals surface area contributed by atoms with Crippen molar-refractivity contribution in [3.8, 4) is 0 Å². The van der Waals surface area contributed by atoms with Crippen LogP contribution in [-0.2, 0) is 17.9 Å². The minimum atomic E-state index is 0.0390. The normalized spacial score (nSPS) is 18.9. The molecular formula is C17H24N4O2S. The van der Waals surface area contributed by atoms with Crippen LogP contribution >= 0.6 is 11.5 Å². The lowest BCUT2D eigenvalue weighted by Gasteiger charge is -2.31. The Bertz CT molecular complexity index is 653. The Labute approximate surface area is 146 Å². The summed E-state index contributed by atoms with van der Waals surface area (Å²) in [7, 11) is 0. The number of amides is 1. The highest BCUT2D eigenvalue weighted by Gasteiger charge is 2.26. The van der Waals surface area contributed by atoms with Gasteiger partial charge in [0.15, 0.2) is 0 Å². The number of furan rings is 1. The van der Waals surface area contributed by atoms with Crippen molar-refractivity contribution in [1.29, 1.82) is 0 Å². The lowest BCUT2D eigenvalue weighted by molar-refractivity contribution is -0.127. The average Bonchev–Trinajstić information content (AvgIpc) is 3.24. The number of carbonyl (C=O) groups excluding carboxylic acids is 1. The summed E-state index contributed by atoms with van der Waals surface area (Å²) in [6.07, 6.45) is 3.68. The Morgan fingerprint density at radius 3 is 3.17 bits per heavy atom. The van der Waals surface area contributed by atoms with Crippen molar-refractivity contribution in [2.45, 2.75) is 45.7 Å². The van der Waals surface area contributed by atoms with Crippen LogP contribution in [0, 0.1) is 5.92 Å². The van der Waals surface area contributed by atoms with Crippen LogP contribution in [0.15, 0.2) is 22.8 Å². The van der Waals surface area contributed by atoms with Crippen molar-refractivity contribution in [1.82, 2.24) is 19.8 Å². The molecular weight excluding hydrogens is 324 g/mol. The van der Waals surface area contributed by atoms with E-state index in [1.807, 2.05) is 12.1 Å². The van der Waals surface area contributed by atoms with Crippen LogP contribution in [0.25, 0.3) is 0 Å². The highest BCUT2D eigenvalue weighted by atomic mass is 32.1. The molecule has 2 aromatic rings. The molecule has 1 aliphatic heterocycles. The van der Waals surface area contributed by atoms with E-state index in [4.69, 9.17) is 4.42 Å². The first-order valence-electron chi connectivity index (χ1n) is 8.47. The van der Waals surface area contributed by atoms with Crippen LogP contribution in [0.3, 0.4) is 0 Å². The second kappa shape index (κ2) is 7.90. The predicted octanol–water partition coefficient (Wildman–Crippen LogP) is 2.78. The molecule has 3 rings (SSSR count). The van der Waals surface area contributed by atoms with E-state index in [0.717, 1.165) is 48.8 Å². The van der Waals surface area contributed by atoms with Gasteiger partial charge in [0.1, 0.15) is 5.76 Å². The van der Waals surface area contributed by atoms with Gasteiger partial charge >= 0.3 is 0 Å². The zero-order chi connectivity index (χ0) is 16.9. The SMILES string of the molecule is CC(C)c1nnsc1CNC(=O)C1CCCN(Cc2ccco2)C1. The summed E-state index contributed by atoms with van der Waals surface area (Å²) in [4.78, 5) is 15.9. The van der Waals surface area contributed by atoms with Crippen molar-refractivity contribution in [3.05, 3.63) is 34.7 Å². The van der Waals surface area contributed by atoms with E-state index in [1.165, 1.54) is 11.5 Å². The second-order valence-electron chi connectivity index (χ2n) is 6.61. The van der Waals surface area contributed by atoms with Crippen LogP contribution in [0.4, 0.5) is 0 Å². The van der Waals surface area contributed by atoms with Gasteiger partial charge in [0.25, 0.3) is 0 Å². The zero-order valence-electron chi connectivity index (χ0n) is 14.2. The maximum atomic E-state index is 12.5. The Kier molecular flexibility index (Phi) is 5.63. The van der Waals surface area contributed by atoms with Gasteiger partial charge in [-0.05, 0) is 49.0 Å². The topological polar surface area (TPSA) is 71.3 Å². The number of piperidine rings is 1. The lowest BCUT2D eigenvalue weighted by Crippen LogP contribution is -2.42. The third kappa shape index (κ3) is 4.21. The number of hydrogen-bond donors (Lipinski definition) is 1. The maximum absolute atomic E-state index is 12.5. The van der Waals surface area contributed by atoms with Gasteiger partial charge in [-0.1, -0.05) is 18.3 Å². The fourth-order valence-electron chi connectivity index (χ4n) is 3.12. The molecule has 1 unspecified atom stereocenters. The first kappa shape index (κ1) is 17.1. The van der Waals surface area contributed by atoms with Crippen LogP contribution < -0.4 is 5.32 Å². The maximum Gasteiger partial charge on any atom is 0.224 e. The molecule has 0 spiro atoms. The Morgan fingerprint density at radius 1 is 1.54 bits per heavy atom.